The highest BCUT2D eigenvalue weighted by atomic mass is 16.3. The molecule has 1 aliphatic rings. The van der Waals surface area contributed by atoms with Crippen molar-refractivity contribution in [2.24, 2.45) is 0 Å². The van der Waals surface area contributed by atoms with Gasteiger partial charge in [-0.25, -0.2) is 0 Å². The molecule has 1 amide bonds. The minimum absolute atomic E-state index is 0.0194. The van der Waals surface area contributed by atoms with Crippen LogP contribution in [0.25, 0.3) is 0 Å². The summed E-state index contributed by atoms with van der Waals surface area (Å²) in [6.45, 7) is 4.57. The van der Waals surface area contributed by atoms with Crippen LogP contribution in [0.2, 0.25) is 0 Å². The van der Waals surface area contributed by atoms with E-state index in [1.165, 1.54) is 0 Å². The van der Waals surface area contributed by atoms with Crippen molar-refractivity contribution in [3.05, 3.63) is 36.3 Å². The summed E-state index contributed by atoms with van der Waals surface area (Å²) >= 11 is 0. The molecule has 1 aliphatic carbocycles. The summed E-state index contributed by atoms with van der Waals surface area (Å²) in [6, 6.07) is 2.06. The van der Waals surface area contributed by atoms with Gasteiger partial charge in [0.25, 0.3) is 0 Å². The number of aryl methyl sites for hydroxylation is 1. The molecule has 0 radical (unpaired) electrons. The van der Waals surface area contributed by atoms with Crippen molar-refractivity contribution in [1.29, 1.82) is 0 Å². The van der Waals surface area contributed by atoms with Crippen LogP contribution in [-0.4, -0.2) is 19.0 Å². The van der Waals surface area contributed by atoms with Gasteiger partial charge in [0.15, 0.2) is 0 Å². The number of hydrogen-bond acceptors (Lipinski definition) is 3. The van der Waals surface area contributed by atoms with Crippen molar-refractivity contribution < 1.29 is 9.21 Å². The average molecular weight is 234 g/mol. The van der Waals surface area contributed by atoms with E-state index in [2.05, 4.69) is 17.2 Å². The van der Waals surface area contributed by atoms with E-state index in [-0.39, 0.29) is 11.9 Å². The van der Waals surface area contributed by atoms with Gasteiger partial charge < -0.3 is 15.1 Å². The van der Waals surface area contributed by atoms with E-state index >= 15 is 0 Å². The smallest absolute Gasteiger partial charge is 0.234 e. The fourth-order valence-corrected chi connectivity index (χ4v) is 2.17. The molecular formula is C13H18N2O2. The second-order valence-corrected chi connectivity index (χ2v) is 4.23. The van der Waals surface area contributed by atoms with Crippen LogP contribution in [0, 0.1) is 0 Å². The second kappa shape index (κ2) is 5.68. The van der Waals surface area contributed by atoms with Crippen molar-refractivity contribution in [2.45, 2.75) is 25.3 Å². The molecule has 0 bridgehead atoms. The van der Waals surface area contributed by atoms with Gasteiger partial charge in [-0.05, 0) is 18.9 Å². The van der Waals surface area contributed by atoms with Crippen LogP contribution in [0.1, 0.15) is 30.2 Å². The van der Waals surface area contributed by atoms with Gasteiger partial charge in [0.05, 0.1) is 18.8 Å². The number of furan rings is 1. The van der Waals surface area contributed by atoms with Gasteiger partial charge in [0, 0.05) is 18.5 Å². The lowest BCUT2D eigenvalue weighted by atomic mass is 9.93. The van der Waals surface area contributed by atoms with Gasteiger partial charge in [0.2, 0.25) is 5.91 Å². The molecule has 2 N–H and O–H groups in total. The molecule has 4 heteroatoms. The summed E-state index contributed by atoms with van der Waals surface area (Å²) in [7, 11) is 0. The number of hydrogen-bond donors (Lipinski definition) is 2. The first-order chi connectivity index (χ1) is 8.31. The van der Waals surface area contributed by atoms with Crippen molar-refractivity contribution in [2.75, 3.05) is 13.1 Å². The van der Waals surface area contributed by atoms with Gasteiger partial charge in [-0.1, -0.05) is 6.08 Å². The maximum atomic E-state index is 11.7. The molecule has 1 aromatic rings. The topological polar surface area (TPSA) is 54.3 Å². The SMILES string of the molecule is C=CCNCC(=O)NC1CCCc2occc21. The van der Waals surface area contributed by atoms with Crippen LogP contribution in [0.3, 0.4) is 0 Å². The summed E-state index contributed by atoms with van der Waals surface area (Å²) in [4.78, 5) is 11.7. The Morgan fingerprint density at radius 2 is 2.53 bits per heavy atom. The fourth-order valence-electron chi connectivity index (χ4n) is 2.17. The minimum Gasteiger partial charge on any atom is -0.469 e. The lowest BCUT2D eigenvalue weighted by Gasteiger charge is -2.22. The number of nitrogens with one attached hydrogen (secondary N) is 2. The van der Waals surface area contributed by atoms with Crippen LogP contribution in [0.5, 0.6) is 0 Å². The Morgan fingerprint density at radius 1 is 1.65 bits per heavy atom. The molecule has 1 aromatic heterocycles. The molecule has 4 nitrogen and oxygen atoms in total. The molecule has 17 heavy (non-hydrogen) atoms. The number of carbonyl (C=O) groups excluding carboxylic acids is 1. The van der Waals surface area contributed by atoms with Gasteiger partial charge in [0.1, 0.15) is 5.76 Å². The molecule has 1 unspecified atom stereocenters. The zero-order chi connectivity index (χ0) is 12.1. The summed E-state index contributed by atoms with van der Waals surface area (Å²) in [5, 5.41) is 6.01. The Morgan fingerprint density at radius 3 is 3.35 bits per heavy atom. The van der Waals surface area contributed by atoms with Crippen molar-refractivity contribution in [1.82, 2.24) is 10.6 Å². The molecule has 92 valence electrons. The predicted octanol–water partition coefficient (Wildman–Crippen LogP) is 1.55. The first kappa shape index (κ1) is 11.9. The molecule has 0 fully saturated rings. The highest BCUT2D eigenvalue weighted by Gasteiger charge is 2.23. The Kier molecular flexibility index (Phi) is 3.98. The van der Waals surface area contributed by atoms with E-state index < -0.39 is 0 Å². The average Bonchev–Trinajstić information content (AvgIpc) is 2.78. The zero-order valence-electron chi connectivity index (χ0n) is 9.87. The van der Waals surface area contributed by atoms with E-state index in [1.807, 2.05) is 6.07 Å². The van der Waals surface area contributed by atoms with Crippen LogP contribution < -0.4 is 10.6 Å². The van der Waals surface area contributed by atoms with Crippen LogP contribution in [0.15, 0.2) is 29.4 Å². The summed E-state index contributed by atoms with van der Waals surface area (Å²) < 4.78 is 5.39. The maximum Gasteiger partial charge on any atom is 0.234 e. The molecule has 1 heterocycles. The molecule has 0 saturated carbocycles. The van der Waals surface area contributed by atoms with Crippen molar-refractivity contribution in [3.8, 4) is 0 Å². The van der Waals surface area contributed by atoms with Crippen LogP contribution in [0.4, 0.5) is 0 Å². The third kappa shape index (κ3) is 2.97. The normalized spacial score (nSPS) is 18.5. The van der Waals surface area contributed by atoms with E-state index in [4.69, 9.17) is 4.42 Å². The first-order valence-electron chi connectivity index (χ1n) is 5.98. The van der Waals surface area contributed by atoms with Gasteiger partial charge in [-0.3, -0.25) is 4.79 Å². The molecule has 0 spiro atoms. The van der Waals surface area contributed by atoms with E-state index in [0.29, 0.717) is 13.1 Å². The molecule has 0 saturated heterocycles. The quantitative estimate of drug-likeness (QED) is 0.600. The van der Waals surface area contributed by atoms with Gasteiger partial charge in [-0.2, -0.15) is 0 Å². The van der Waals surface area contributed by atoms with E-state index in [1.54, 1.807) is 12.3 Å². The summed E-state index contributed by atoms with van der Waals surface area (Å²) in [6.07, 6.45) is 6.46. The number of amides is 1. The van der Waals surface area contributed by atoms with Crippen molar-refractivity contribution in [3.63, 3.8) is 0 Å². The standard InChI is InChI=1S/C13H18N2O2/c1-2-7-14-9-13(16)15-11-4-3-5-12-10(11)6-8-17-12/h2,6,8,11,14H,1,3-5,7,9H2,(H,15,16). The van der Waals surface area contributed by atoms with Crippen molar-refractivity contribution >= 4 is 5.91 Å². The number of carbonyl (C=O) groups is 1. The van der Waals surface area contributed by atoms with Gasteiger partial charge in [-0.15, -0.1) is 6.58 Å². The van der Waals surface area contributed by atoms with Gasteiger partial charge >= 0.3 is 0 Å². The largest absolute Gasteiger partial charge is 0.469 e. The predicted molar refractivity (Wildman–Crippen MR) is 65.6 cm³/mol. The number of rotatable bonds is 5. The lowest BCUT2D eigenvalue weighted by Crippen LogP contribution is -2.37. The first-order valence-corrected chi connectivity index (χ1v) is 5.98. The maximum absolute atomic E-state index is 11.7. The Hall–Kier alpha value is -1.55. The second-order valence-electron chi connectivity index (χ2n) is 4.23. The minimum atomic E-state index is 0.0194. The third-order valence-corrected chi connectivity index (χ3v) is 2.96. The van der Waals surface area contributed by atoms with Crippen LogP contribution >= 0.6 is 0 Å². The lowest BCUT2D eigenvalue weighted by molar-refractivity contribution is -0.121. The Balaban J connectivity index is 1.88. The Bertz CT molecular complexity index is 398. The highest BCUT2D eigenvalue weighted by Crippen LogP contribution is 2.30. The molecular weight excluding hydrogens is 216 g/mol. The Labute approximate surface area is 101 Å². The summed E-state index contributed by atoms with van der Waals surface area (Å²) in [5.41, 5.74) is 1.13. The third-order valence-electron chi connectivity index (χ3n) is 2.96. The molecule has 0 aliphatic heterocycles. The van der Waals surface area contributed by atoms with E-state index in [9.17, 15) is 4.79 Å². The monoisotopic (exact) mass is 234 g/mol. The fraction of sp³-hybridized carbons (Fsp3) is 0.462. The highest BCUT2D eigenvalue weighted by molar-refractivity contribution is 5.78. The zero-order valence-corrected chi connectivity index (χ0v) is 9.87. The molecule has 1 atom stereocenters. The van der Waals surface area contributed by atoms with E-state index in [0.717, 1.165) is 30.6 Å². The summed E-state index contributed by atoms with van der Waals surface area (Å²) in [5.74, 6) is 1.03. The van der Waals surface area contributed by atoms with Crippen LogP contribution in [-0.2, 0) is 11.2 Å². The molecule has 2 rings (SSSR count). The number of fused-ring (bicyclic) bond motifs is 1. The molecule has 0 aromatic carbocycles.